The third-order valence-electron chi connectivity index (χ3n) is 5.04. The zero-order chi connectivity index (χ0) is 20.5. The van der Waals surface area contributed by atoms with Crippen LogP contribution in [0.15, 0.2) is 64.1 Å². The fourth-order valence-corrected chi connectivity index (χ4v) is 4.74. The van der Waals surface area contributed by atoms with Gasteiger partial charge >= 0.3 is 6.03 Å². The second kappa shape index (κ2) is 7.79. The maximum atomic E-state index is 12.5. The zero-order valence-electron chi connectivity index (χ0n) is 16.4. The van der Waals surface area contributed by atoms with Crippen molar-refractivity contribution in [1.29, 1.82) is 0 Å². The number of carbonyl (C=O) groups is 1. The number of nitrogens with one attached hydrogen (secondary N) is 3. The number of amides is 2. The number of nitrogens with zero attached hydrogens (tertiary/aromatic N) is 2. The fraction of sp³-hybridized carbons (Fsp3) is 0.182. The van der Waals surface area contributed by atoms with Gasteiger partial charge < -0.3 is 25.0 Å². The van der Waals surface area contributed by atoms with Crippen molar-refractivity contribution in [2.45, 2.75) is 18.4 Å². The number of fused-ring (bicyclic) bond motifs is 2. The number of hydrogen-bond acceptors (Lipinski definition) is 5. The van der Waals surface area contributed by atoms with Crippen LogP contribution in [0.25, 0.3) is 10.9 Å². The Morgan fingerprint density at radius 3 is 3.00 bits per heavy atom. The summed E-state index contributed by atoms with van der Waals surface area (Å²) in [5.74, 6) is 1.83. The van der Waals surface area contributed by atoms with Crippen LogP contribution in [0.4, 0.5) is 21.9 Å². The number of aromatic amines is 1. The Morgan fingerprint density at radius 1 is 1.23 bits per heavy atom. The molecule has 152 valence electrons. The first-order valence-corrected chi connectivity index (χ1v) is 10.7. The molecule has 0 bridgehead atoms. The van der Waals surface area contributed by atoms with Gasteiger partial charge in [0.05, 0.1) is 23.6 Å². The molecule has 0 radical (unpaired) electrons. The van der Waals surface area contributed by atoms with Gasteiger partial charge in [-0.25, -0.2) is 4.79 Å². The van der Waals surface area contributed by atoms with Crippen molar-refractivity contribution < 1.29 is 9.32 Å². The van der Waals surface area contributed by atoms with E-state index in [1.807, 2.05) is 55.5 Å². The van der Waals surface area contributed by atoms with Gasteiger partial charge in [-0.15, -0.1) is 11.8 Å². The predicted octanol–water partition coefficient (Wildman–Crippen LogP) is 5.22. The van der Waals surface area contributed by atoms with E-state index in [0.29, 0.717) is 6.54 Å². The number of aryl methyl sites for hydroxylation is 1. The van der Waals surface area contributed by atoms with Crippen LogP contribution >= 0.6 is 11.8 Å². The minimum Gasteiger partial charge on any atom is -0.362 e. The van der Waals surface area contributed by atoms with Crippen LogP contribution in [0, 0.1) is 6.92 Å². The van der Waals surface area contributed by atoms with Crippen LogP contribution in [-0.2, 0) is 6.54 Å². The molecular formula is C22H21N5O2S. The third-order valence-corrected chi connectivity index (χ3v) is 6.06. The molecule has 3 N–H and O–H groups in total. The predicted molar refractivity (Wildman–Crippen MR) is 120 cm³/mol. The van der Waals surface area contributed by atoms with E-state index in [1.165, 1.54) is 0 Å². The van der Waals surface area contributed by atoms with E-state index >= 15 is 0 Å². The van der Waals surface area contributed by atoms with Crippen LogP contribution in [0.5, 0.6) is 0 Å². The topological polar surface area (TPSA) is 86.2 Å². The molecule has 2 amide bonds. The summed E-state index contributed by atoms with van der Waals surface area (Å²) in [6.45, 7) is 3.54. The minimum absolute atomic E-state index is 0.269. The lowest BCUT2D eigenvalue weighted by Crippen LogP contribution is -2.28. The SMILES string of the molecule is Cc1cc(CN2CCSc3cc(NC(=O)Nc4c[nH]c5ccccc45)ccc32)on1. The first-order valence-electron chi connectivity index (χ1n) is 9.74. The van der Waals surface area contributed by atoms with Gasteiger partial charge in [0.2, 0.25) is 0 Å². The van der Waals surface area contributed by atoms with E-state index in [1.54, 1.807) is 18.0 Å². The number of urea groups is 1. The zero-order valence-corrected chi connectivity index (χ0v) is 17.3. The number of carbonyl (C=O) groups excluding carboxylic acids is 1. The Labute approximate surface area is 177 Å². The Hall–Kier alpha value is -3.39. The maximum absolute atomic E-state index is 12.5. The van der Waals surface area contributed by atoms with Gasteiger partial charge in [-0.05, 0) is 31.2 Å². The molecule has 2 aromatic heterocycles. The van der Waals surface area contributed by atoms with E-state index in [4.69, 9.17) is 4.52 Å². The number of aromatic nitrogens is 2. The van der Waals surface area contributed by atoms with E-state index < -0.39 is 0 Å². The number of para-hydroxylation sites is 1. The van der Waals surface area contributed by atoms with Gasteiger partial charge in [0.25, 0.3) is 0 Å². The van der Waals surface area contributed by atoms with Crippen molar-refractivity contribution in [1.82, 2.24) is 10.1 Å². The van der Waals surface area contributed by atoms with Crippen molar-refractivity contribution in [3.8, 4) is 0 Å². The second-order valence-corrected chi connectivity index (χ2v) is 8.35. The molecule has 1 aliphatic rings. The second-order valence-electron chi connectivity index (χ2n) is 7.21. The maximum Gasteiger partial charge on any atom is 0.323 e. The highest BCUT2D eigenvalue weighted by atomic mass is 32.2. The van der Waals surface area contributed by atoms with E-state index in [2.05, 4.69) is 25.7 Å². The molecule has 1 aliphatic heterocycles. The van der Waals surface area contributed by atoms with Crippen LogP contribution in [0.2, 0.25) is 0 Å². The molecule has 0 atom stereocenters. The lowest BCUT2D eigenvalue weighted by Gasteiger charge is -2.30. The molecule has 0 saturated heterocycles. The summed E-state index contributed by atoms with van der Waals surface area (Å²) in [5.41, 5.74) is 4.53. The summed E-state index contributed by atoms with van der Waals surface area (Å²) in [4.78, 5) is 19.1. The van der Waals surface area contributed by atoms with Gasteiger partial charge in [-0.2, -0.15) is 0 Å². The summed E-state index contributed by atoms with van der Waals surface area (Å²) < 4.78 is 5.37. The summed E-state index contributed by atoms with van der Waals surface area (Å²) in [7, 11) is 0. The van der Waals surface area contributed by atoms with Crippen LogP contribution < -0.4 is 15.5 Å². The first kappa shape index (κ1) is 18.6. The van der Waals surface area contributed by atoms with E-state index in [-0.39, 0.29) is 6.03 Å². The molecule has 3 heterocycles. The lowest BCUT2D eigenvalue weighted by molar-refractivity contribution is 0.262. The van der Waals surface area contributed by atoms with Crippen molar-refractivity contribution in [3.05, 3.63) is 66.2 Å². The Kier molecular flexibility index (Phi) is 4.84. The largest absolute Gasteiger partial charge is 0.362 e. The number of benzene rings is 2. The molecule has 0 spiro atoms. The number of rotatable bonds is 4. The molecule has 0 aliphatic carbocycles. The Balaban J connectivity index is 1.29. The molecule has 0 saturated carbocycles. The highest BCUT2D eigenvalue weighted by Crippen LogP contribution is 2.37. The first-order chi connectivity index (χ1) is 14.7. The summed E-state index contributed by atoms with van der Waals surface area (Å²) in [5, 5.41) is 10.8. The van der Waals surface area contributed by atoms with Crippen molar-refractivity contribution in [3.63, 3.8) is 0 Å². The van der Waals surface area contributed by atoms with Gasteiger partial charge in [0.1, 0.15) is 0 Å². The lowest BCUT2D eigenvalue weighted by atomic mass is 10.2. The number of anilines is 3. The Bertz CT molecular complexity index is 1220. The average molecular weight is 420 g/mol. The standard InChI is InChI=1S/C22H21N5O2S/c1-14-10-16(29-26-14)13-27-8-9-30-21-11-15(6-7-20(21)27)24-22(28)25-19-12-23-18-5-3-2-4-17(18)19/h2-7,10-12,23H,8-9,13H2,1H3,(H2,24,25,28). The minimum atomic E-state index is -0.269. The normalized spacial score (nSPS) is 13.3. The molecule has 5 rings (SSSR count). The van der Waals surface area contributed by atoms with Crippen LogP contribution in [0.3, 0.4) is 0 Å². The quantitative estimate of drug-likeness (QED) is 0.422. The monoisotopic (exact) mass is 419 g/mol. The van der Waals surface area contributed by atoms with Gasteiger partial charge in [-0.1, -0.05) is 23.4 Å². The van der Waals surface area contributed by atoms with Gasteiger partial charge in [0, 0.05) is 46.0 Å². The highest BCUT2D eigenvalue weighted by Gasteiger charge is 2.20. The smallest absolute Gasteiger partial charge is 0.323 e. The molecule has 30 heavy (non-hydrogen) atoms. The molecule has 0 fully saturated rings. The summed E-state index contributed by atoms with van der Waals surface area (Å²) in [6.07, 6.45) is 1.80. The molecular weight excluding hydrogens is 398 g/mol. The van der Waals surface area contributed by atoms with Crippen molar-refractivity contribution in [2.75, 3.05) is 27.8 Å². The number of hydrogen-bond donors (Lipinski definition) is 3. The van der Waals surface area contributed by atoms with Crippen molar-refractivity contribution >= 4 is 45.8 Å². The van der Waals surface area contributed by atoms with E-state index in [0.717, 1.165) is 56.6 Å². The number of H-pyrrole nitrogens is 1. The molecule has 4 aromatic rings. The molecule has 8 heteroatoms. The van der Waals surface area contributed by atoms with Crippen LogP contribution in [-0.4, -0.2) is 28.5 Å². The summed E-state index contributed by atoms with van der Waals surface area (Å²) >= 11 is 1.79. The molecule has 7 nitrogen and oxygen atoms in total. The van der Waals surface area contributed by atoms with Crippen LogP contribution in [0.1, 0.15) is 11.5 Å². The highest BCUT2D eigenvalue weighted by molar-refractivity contribution is 7.99. The third kappa shape index (κ3) is 3.73. The fourth-order valence-electron chi connectivity index (χ4n) is 3.66. The number of thioether (sulfide) groups is 1. The summed E-state index contributed by atoms with van der Waals surface area (Å²) in [6, 6.07) is 15.6. The Morgan fingerprint density at radius 2 is 2.13 bits per heavy atom. The van der Waals surface area contributed by atoms with Gasteiger partial charge in [-0.3, -0.25) is 0 Å². The van der Waals surface area contributed by atoms with Crippen molar-refractivity contribution in [2.24, 2.45) is 0 Å². The van der Waals surface area contributed by atoms with E-state index in [9.17, 15) is 4.79 Å². The average Bonchev–Trinajstić information content (AvgIpc) is 3.34. The molecule has 2 aromatic carbocycles. The molecule has 0 unspecified atom stereocenters. The van der Waals surface area contributed by atoms with Gasteiger partial charge in [0.15, 0.2) is 5.76 Å².